The van der Waals surface area contributed by atoms with E-state index < -0.39 is 11.4 Å². The molecular formula is C13H17ClF2N4. The van der Waals surface area contributed by atoms with E-state index in [-0.39, 0.29) is 6.42 Å². The Bertz CT molecular complexity index is 579. The highest BCUT2D eigenvalue weighted by Gasteiger charge is 2.37. The molecule has 0 saturated heterocycles. The molecule has 0 aliphatic heterocycles. The summed E-state index contributed by atoms with van der Waals surface area (Å²) in [5, 5.41) is -3.43. The van der Waals surface area contributed by atoms with Crippen molar-refractivity contribution in [2.75, 3.05) is 0 Å². The topological polar surface area (TPSA) is 55.9 Å². The third-order valence-corrected chi connectivity index (χ3v) is 3.43. The molecule has 2 aromatic rings. The van der Waals surface area contributed by atoms with Gasteiger partial charge in [0, 0.05) is 13.0 Å². The Balaban J connectivity index is 2.40. The average Bonchev–Trinajstić information content (AvgIpc) is 2.73. The van der Waals surface area contributed by atoms with Gasteiger partial charge in [0.25, 0.3) is 0 Å². The van der Waals surface area contributed by atoms with Crippen molar-refractivity contribution in [2.24, 2.45) is 5.84 Å². The Hall–Kier alpha value is -1.24. The fourth-order valence-electron chi connectivity index (χ4n) is 2.21. The predicted molar refractivity (Wildman–Crippen MR) is 75.6 cm³/mol. The van der Waals surface area contributed by atoms with Gasteiger partial charge in [0.05, 0.1) is 11.0 Å². The number of hydrogen-bond donors (Lipinski definition) is 2. The van der Waals surface area contributed by atoms with Gasteiger partial charge in [0.2, 0.25) is 0 Å². The van der Waals surface area contributed by atoms with E-state index >= 15 is 0 Å². The minimum atomic E-state index is -3.43. The fourth-order valence-corrected chi connectivity index (χ4v) is 2.35. The van der Waals surface area contributed by atoms with Gasteiger partial charge in [-0.05, 0) is 30.2 Å². The maximum absolute atomic E-state index is 13.2. The summed E-state index contributed by atoms with van der Waals surface area (Å²) in [4.78, 5) is 4.41. The molecule has 1 atom stereocenters. The second-order valence-electron chi connectivity index (χ2n) is 4.63. The highest BCUT2D eigenvalue weighted by atomic mass is 35.5. The van der Waals surface area contributed by atoms with Gasteiger partial charge < -0.3 is 4.57 Å². The minimum absolute atomic E-state index is 0.0400. The summed E-state index contributed by atoms with van der Waals surface area (Å²) in [7, 11) is 0. The van der Waals surface area contributed by atoms with Crippen LogP contribution in [0.4, 0.5) is 8.78 Å². The van der Waals surface area contributed by atoms with E-state index in [0.29, 0.717) is 12.4 Å². The second-order valence-corrected chi connectivity index (χ2v) is 5.14. The number of nitrogens with one attached hydrogen (secondary N) is 1. The molecule has 0 saturated carbocycles. The van der Waals surface area contributed by atoms with Crippen LogP contribution >= 0.6 is 11.6 Å². The first-order valence-corrected chi connectivity index (χ1v) is 6.82. The lowest BCUT2D eigenvalue weighted by atomic mass is 10.2. The summed E-state index contributed by atoms with van der Waals surface area (Å²) in [6.07, 6.45) is 0.840. The number of hydrogen-bond acceptors (Lipinski definition) is 3. The van der Waals surface area contributed by atoms with E-state index in [4.69, 9.17) is 17.4 Å². The standard InChI is InChI=1S/C13H17ClF2N4/c1-2-7-20-10-6-4-3-5-9(10)18-12(20)8-11(19-17)13(14,15)16/h3-6,11,19H,2,7-8,17H2,1H3. The van der Waals surface area contributed by atoms with Gasteiger partial charge in [-0.1, -0.05) is 19.1 Å². The van der Waals surface area contributed by atoms with E-state index in [0.717, 1.165) is 17.5 Å². The molecule has 4 nitrogen and oxygen atoms in total. The zero-order valence-corrected chi connectivity index (χ0v) is 11.9. The van der Waals surface area contributed by atoms with E-state index in [1.54, 1.807) is 0 Å². The van der Waals surface area contributed by atoms with Crippen LogP contribution in [0, 0.1) is 0 Å². The van der Waals surface area contributed by atoms with Crippen molar-refractivity contribution in [3.63, 3.8) is 0 Å². The van der Waals surface area contributed by atoms with Crippen molar-refractivity contribution in [1.82, 2.24) is 15.0 Å². The lowest BCUT2D eigenvalue weighted by Crippen LogP contribution is -2.47. The third-order valence-electron chi connectivity index (χ3n) is 3.16. The number of benzene rings is 1. The number of rotatable bonds is 6. The van der Waals surface area contributed by atoms with E-state index in [1.165, 1.54) is 0 Å². The molecule has 7 heteroatoms. The van der Waals surface area contributed by atoms with Crippen LogP contribution in [0.3, 0.4) is 0 Å². The first kappa shape index (κ1) is 15.2. The Morgan fingerprint density at radius 1 is 1.45 bits per heavy atom. The normalized spacial score (nSPS) is 13.8. The van der Waals surface area contributed by atoms with Gasteiger partial charge in [-0.25, -0.2) is 10.4 Å². The van der Waals surface area contributed by atoms with Crippen LogP contribution in [0.5, 0.6) is 0 Å². The molecule has 0 radical (unpaired) electrons. The molecule has 0 fully saturated rings. The number of hydrazine groups is 1. The van der Waals surface area contributed by atoms with Crippen molar-refractivity contribution in [3.05, 3.63) is 30.1 Å². The number of fused-ring (bicyclic) bond motifs is 1. The van der Waals surface area contributed by atoms with Crippen molar-refractivity contribution in [1.29, 1.82) is 0 Å². The molecule has 0 amide bonds. The number of imidazole rings is 1. The summed E-state index contributed by atoms with van der Waals surface area (Å²) >= 11 is 5.06. The van der Waals surface area contributed by atoms with Crippen molar-refractivity contribution in [2.45, 2.75) is 37.7 Å². The van der Waals surface area contributed by atoms with Crippen LogP contribution in [0.25, 0.3) is 11.0 Å². The third kappa shape index (κ3) is 3.08. The van der Waals surface area contributed by atoms with Crippen molar-refractivity contribution >= 4 is 22.6 Å². The number of halogens is 3. The van der Waals surface area contributed by atoms with Crippen LogP contribution in [0.1, 0.15) is 19.2 Å². The molecule has 0 aliphatic carbocycles. The molecular weight excluding hydrogens is 286 g/mol. The first-order valence-electron chi connectivity index (χ1n) is 6.44. The summed E-state index contributed by atoms with van der Waals surface area (Å²) in [5.74, 6) is 5.73. The van der Waals surface area contributed by atoms with Crippen LogP contribution in [0.2, 0.25) is 0 Å². The molecule has 3 N–H and O–H groups in total. The number of aryl methyl sites for hydroxylation is 1. The first-order chi connectivity index (χ1) is 9.47. The molecule has 0 bridgehead atoms. The smallest absolute Gasteiger partial charge is 0.328 e. The van der Waals surface area contributed by atoms with Gasteiger partial charge in [0.15, 0.2) is 0 Å². The highest BCUT2D eigenvalue weighted by molar-refractivity contribution is 6.22. The average molecular weight is 303 g/mol. The van der Waals surface area contributed by atoms with Gasteiger partial charge in [-0.15, -0.1) is 0 Å². The van der Waals surface area contributed by atoms with E-state index in [9.17, 15) is 8.78 Å². The molecule has 1 heterocycles. The van der Waals surface area contributed by atoms with E-state index in [2.05, 4.69) is 10.4 Å². The minimum Gasteiger partial charge on any atom is -0.328 e. The van der Waals surface area contributed by atoms with Crippen molar-refractivity contribution in [3.8, 4) is 0 Å². The van der Waals surface area contributed by atoms with Crippen LogP contribution in [0.15, 0.2) is 24.3 Å². The Labute approximate surface area is 120 Å². The molecule has 0 aliphatic rings. The quantitative estimate of drug-likeness (QED) is 0.490. The monoisotopic (exact) mass is 302 g/mol. The zero-order valence-electron chi connectivity index (χ0n) is 11.1. The molecule has 0 spiro atoms. The Morgan fingerprint density at radius 2 is 2.15 bits per heavy atom. The summed E-state index contributed by atoms with van der Waals surface area (Å²) < 4.78 is 28.4. The van der Waals surface area contributed by atoms with Gasteiger partial charge in [0.1, 0.15) is 11.9 Å². The van der Waals surface area contributed by atoms with Crippen LogP contribution in [-0.2, 0) is 13.0 Å². The summed E-state index contributed by atoms with van der Waals surface area (Å²) in [6, 6.07) is 6.18. The molecule has 110 valence electrons. The van der Waals surface area contributed by atoms with Crippen LogP contribution < -0.4 is 11.3 Å². The Kier molecular flexibility index (Phi) is 4.57. The number of nitrogens with zero attached hydrogens (tertiary/aromatic N) is 2. The predicted octanol–water partition coefficient (Wildman–Crippen LogP) is 2.65. The molecule has 1 aromatic carbocycles. The SMILES string of the molecule is CCCn1c(CC(NN)C(F)(F)Cl)nc2ccccc21. The van der Waals surface area contributed by atoms with Crippen molar-refractivity contribution < 1.29 is 8.78 Å². The van der Waals surface area contributed by atoms with Gasteiger partial charge in [-0.2, -0.15) is 8.78 Å². The van der Waals surface area contributed by atoms with Crippen LogP contribution in [-0.4, -0.2) is 21.0 Å². The maximum atomic E-state index is 13.2. The summed E-state index contributed by atoms with van der Waals surface area (Å²) in [5.41, 5.74) is 3.78. The number of aromatic nitrogens is 2. The number of para-hydroxylation sites is 2. The lowest BCUT2D eigenvalue weighted by molar-refractivity contribution is 0.0492. The van der Waals surface area contributed by atoms with Gasteiger partial charge >= 0.3 is 5.38 Å². The second kappa shape index (κ2) is 6.03. The lowest BCUT2D eigenvalue weighted by Gasteiger charge is -2.20. The Morgan fingerprint density at radius 3 is 2.75 bits per heavy atom. The molecule has 20 heavy (non-hydrogen) atoms. The van der Waals surface area contributed by atoms with Gasteiger partial charge in [-0.3, -0.25) is 5.84 Å². The highest BCUT2D eigenvalue weighted by Crippen LogP contribution is 2.27. The zero-order chi connectivity index (χ0) is 14.8. The summed E-state index contributed by atoms with van der Waals surface area (Å²) in [6.45, 7) is 2.73. The largest absolute Gasteiger partial charge is 0.338 e. The molecule has 1 unspecified atom stereocenters. The number of nitrogens with two attached hydrogens (primary N) is 1. The number of alkyl halides is 3. The van der Waals surface area contributed by atoms with E-state index in [1.807, 2.05) is 35.8 Å². The fraction of sp³-hybridized carbons (Fsp3) is 0.462. The molecule has 1 aromatic heterocycles. The molecule has 2 rings (SSSR count). The maximum Gasteiger partial charge on any atom is 0.338 e.